The first-order valence-electron chi connectivity index (χ1n) is 13.5. The minimum absolute atomic E-state index is 0.108. The summed E-state index contributed by atoms with van der Waals surface area (Å²) < 4.78 is 5.95. The molecule has 0 spiro atoms. The summed E-state index contributed by atoms with van der Waals surface area (Å²) >= 11 is 6.31. The third kappa shape index (κ3) is 7.61. The van der Waals surface area contributed by atoms with Gasteiger partial charge in [-0.15, -0.1) is 0 Å². The summed E-state index contributed by atoms with van der Waals surface area (Å²) in [7, 11) is 0. The molecule has 0 aliphatic heterocycles. The third-order valence-corrected chi connectivity index (χ3v) is 7.79. The number of nitrogens with one attached hydrogen (secondary N) is 1. The molecule has 1 fully saturated rings. The molecule has 6 heteroatoms. The van der Waals surface area contributed by atoms with Gasteiger partial charge in [0.25, 0.3) is 5.91 Å². The molecule has 1 aliphatic rings. The molecular formula is C32H37ClN2O3. The Bertz CT molecular complexity index is 1190. The molecular weight excluding hydrogens is 496 g/mol. The largest absolute Gasteiger partial charge is 0.484 e. The van der Waals surface area contributed by atoms with Gasteiger partial charge in [-0.05, 0) is 61.1 Å². The normalized spacial score (nSPS) is 14.5. The number of benzene rings is 3. The van der Waals surface area contributed by atoms with Crippen LogP contribution < -0.4 is 10.1 Å². The average Bonchev–Trinajstić information content (AvgIpc) is 2.94. The summed E-state index contributed by atoms with van der Waals surface area (Å²) in [6, 6.07) is 22.8. The zero-order valence-electron chi connectivity index (χ0n) is 22.3. The average molecular weight is 533 g/mol. The Morgan fingerprint density at radius 1 is 0.921 bits per heavy atom. The first-order valence-corrected chi connectivity index (χ1v) is 13.9. The van der Waals surface area contributed by atoms with Crippen LogP contribution in [0.15, 0.2) is 72.8 Å². The summed E-state index contributed by atoms with van der Waals surface area (Å²) in [6.07, 6.45) is 5.84. The SMILES string of the molecule is Cc1cc(OCC(=O)N(Cc2ccccc2)[C@@H](Cc2ccccc2)C(=O)NC2CCCCC2)cc(C)c1Cl. The Labute approximate surface area is 231 Å². The van der Waals surface area contributed by atoms with Crippen LogP contribution in [0.25, 0.3) is 0 Å². The highest BCUT2D eigenvalue weighted by Crippen LogP contribution is 2.26. The number of nitrogens with zero attached hydrogens (tertiary/aromatic N) is 1. The second kappa shape index (κ2) is 13.5. The number of halogens is 1. The lowest BCUT2D eigenvalue weighted by atomic mass is 9.94. The van der Waals surface area contributed by atoms with Gasteiger partial charge in [0.2, 0.25) is 5.91 Å². The fourth-order valence-corrected chi connectivity index (χ4v) is 5.20. The molecule has 1 saturated carbocycles. The van der Waals surface area contributed by atoms with E-state index in [1.54, 1.807) is 4.90 Å². The molecule has 0 aromatic heterocycles. The van der Waals surface area contributed by atoms with E-state index in [0.29, 0.717) is 23.7 Å². The van der Waals surface area contributed by atoms with Crippen LogP contribution in [0.1, 0.15) is 54.4 Å². The van der Waals surface area contributed by atoms with Crippen LogP contribution in [0, 0.1) is 13.8 Å². The molecule has 0 saturated heterocycles. The fourth-order valence-electron chi connectivity index (χ4n) is 5.10. The molecule has 0 heterocycles. The smallest absolute Gasteiger partial charge is 0.261 e. The second-order valence-electron chi connectivity index (χ2n) is 10.2. The van der Waals surface area contributed by atoms with E-state index < -0.39 is 6.04 Å². The lowest BCUT2D eigenvalue weighted by Crippen LogP contribution is -2.53. The topological polar surface area (TPSA) is 58.6 Å². The van der Waals surface area contributed by atoms with Crippen molar-refractivity contribution in [2.24, 2.45) is 0 Å². The van der Waals surface area contributed by atoms with Gasteiger partial charge < -0.3 is 15.0 Å². The van der Waals surface area contributed by atoms with Gasteiger partial charge in [0, 0.05) is 24.0 Å². The number of carbonyl (C=O) groups excluding carboxylic acids is 2. The molecule has 1 aliphatic carbocycles. The number of amides is 2. The van der Waals surface area contributed by atoms with Crippen molar-refractivity contribution in [3.8, 4) is 5.75 Å². The van der Waals surface area contributed by atoms with Gasteiger partial charge in [-0.3, -0.25) is 9.59 Å². The zero-order valence-corrected chi connectivity index (χ0v) is 23.0. The molecule has 38 heavy (non-hydrogen) atoms. The van der Waals surface area contributed by atoms with Crippen molar-refractivity contribution < 1.29 is 14.3 Å². The van der Waals surface area contributed by atoms with Crippen molar-refractivity contribution in [2.75, 3.05) is 6.61 Å². The zero-order chi connectivity index (χ0) is 26.9. The van der Waals surface area contributed by atoms with Crippen molar-refractivity contribution >= 4 is 23.4 Å². The van der Waals surface area contributed by atoms with Gasteiger partial charge in [-0.2, -0.15) is 0 Å². The molecule has 0 bridgehead atoms. The van der Waals surface area contributed by atoms with Crippen molar-refractivity contribution in [1.82, 2.24) is 10.2 Å². The lowest BCUT2D eigenvalue weighted by molar-refractivity contribution is -0.143. The monoisotopic (exact) mass is 532 g/mol. The van der Waals surface area contributed by atoms with Gasteiger partial charge in [-0.25, -0.2) is 0 Å². The first kappa shape index (κ1) is 27.7. The van der Waals surface area contributed by atoms with E-state index >= 15 is 0 Å². The van der Waals surface area contributed by atoms with Gasteiger partial charge in [0.05, 0.1) is 0 Å². The van der Waals surface area contributed by atoms with E-state index in [0.717, 1.165) is 47.9 Å². The van der Waals surface area contributed by atoms with E-state index in [4.69, 9.17) is 16.3 Å². The molecule has 0 unspecified atom stereocenters. The number of carbonyl (C=O) groups is 2. The van der Waals surface area contributed by atoms with Crippen LogP contribution in [0.3, 0.4) is 0 Å². The van der Waals surface area contributed by atoms with Gasteiger partial charge >= 0.3 is 0 Å². The van der Waals surface area contributed by atoms with Crippen LogP contribution in [-0.2, 0) is 22.6 Å². The van der Waals surface area contributed by atoms with E-state index in [-0.39, 0.29) is 24.5 Å². The Morgan fingerprint density at radius 2 is 1.50 bits per heavy atom. The minimum Gasteiger partial charge on any atom is -0.484 e. The summed E-state index contributed by atoms with van der Waals surface area (Å²) in [5, 5.41) is 3.96. The number of rotatable bonds is 10. The first-order chi connectivity index (χ1) is 18.4. The molecule has 200 valence electrons. The third-order valence-electron chi connectivity index (χ3n) is 7.19. The van der Waals surface area contributed by atoms with Crippen molar-refractivity contribution in [2.45, 2.75) is 71.0 Å². The Balaban J connectivity index is 1.60. The second-order valence-corrected chi connectivity index (χ2v) is 10.6. The molecule has 3 aromatic carbocycles. The molecule has 2 amide bonds. The molecule has 3 aromatic rings. The van der Waals surface area contributed by atoms with Gasteiger partial charge in [-0.1, -0.05) is 91.5 Å². The van der Waals surface area contributed by atoms with Gasteiger partial charge in [0.15, 0.2) is 6.61 Å². The number of hydrogen-bond donors (Lipinski definition) is 1. The predicted octanol–water partition coefficient (Wildman–Crippen LogP) is 6.42. The standard InChI is InChI=1S/C32H37ClN2O3/c1-23-18-28(19-24(2)31(23)33)38-22-30(36)35(21-26-14-8-4-9-15-26)29(20-25-12-6-3-7-13-25)32(37)34-27-16-10-5-11-17-27/h3-4,6-9,12-15,18-19,27,29H,5,10-11,16-17,20-22H2,1-2H3,(H,34,37)/t29-/m0/s1. The maximum atomic E-state index is 13.8. The number of ether oxygens (including phenoxy) is 1. The Kier molecular flexibility index (Phi) is 9.83. The molecule has 1 atom stereocenters. The summed E-state index contributed by atoms with van der Waals surface area (Å²) in [4.78, 5) is 29.3. The van der Waals surface area contributed by atoms with Crippen LogP contribution >= 0.6 is 11.6 Å². The highest BCUT2D eigenvalue weighted by atomic mass is 35.5. The van der Waals surface area contributed by atoms with E-state index in [9.17, 15) is 9.59 Å². The predicted molar refractivity (Wildman–Crippen MR) is 152 cm³/mol. The maximum Gasteiger partial charge on any atom is 0.261 e. The number of aryl methyl sites for hydroxylation is 2. The van der Waals surface area contributed by atoms with E-state index in [1.165, 1.54) is 6.42 Å². The summed E-state index contributed by atoms with van der Waals surface area (Å²) in [5.74, 6) is 0.241. The maximum absolute atomic E-state index is 13.8. The number of hydrogen-bond acceptors (Lipinski definition) is 3. The minimum atomic E-state index is -0.663. The van der Waals surface area contributed by atoms with Crippen LogP contribution in [-0.4, -0.2) is 35.4 Å². The lowest BCUT2D eigenvalue weighted by Gasteiger charge is -2.33. The van der Waals surface area contributed by atoms with Crippen LogP contribution in [0.2, 0.25) is 5.02 Å². The molecule has 4 rings (SSSR count). The summed E-state index contributed by atoms with van der Waals surface area (Å²) in [6.45, 7) is 3.97. The Hall–Kier alpha value is -3.31. The summed E-state index contributed by atoms with van der Waals surface area (Å²) in [5.41, 5.74) is 3.75. The fraction of sp³-hybridized carbons (Fsp3) is 0.375. The highest BCUT2D eigenvalue weighted by Gasteiger charge is 2.32. The highest BCUT2D eigenvalue weighted by molar-refractivity contribution is 6.32. The van der Waals surface area contributed by atoms with Crippen molar-refractivity contribution in [1.29, 1.82) is 0 Å². The van der Waals surface area contributed by atoms with Crippen LogP contribution in [0.5, 0.6) is 5.75 Å². The molecule has 1 N–H and O–H groups in total. The van der Waals surface area contributed by atoms with Crippen molar-refractivity contribution in [3.63, 3.8) is 0 Å². The molecule has 5 nitrogen and oxygen atoms in total. The van der Waals surface area contributed by atoms with E-state index in [2.05, 4.69) is 5.32 Å². The van der Waals surface area contributed by atoms with Crippen molar-refractivity contribution in [3.05, 3.63) is 100 Å². The molecule has 0 radical (unpaired) electrons. The quantitative estimate of drug-likeness (QED) is 0.327. The van der Waals surface area contributed by atoms with Gasteiger partial charge in [0.1, 0.15) is 11.8 Å². The van der Waals surface area contributed by atoms with Crippen LogP contribution in [0.4, 0.5) is 0 Å². The Morgan fingerprint density at radius 3 is 2.11 bits per heavy atom. The van der Waals surface area contributed by atoms with E-state index in [1.807, 2.05) is 86.6 Å².